The number of carboxylic acids is 1. The number of aliphatic hydroxyl groups is 1. The molecule has 0 aliphatic heterocycles. The van der Waals surface area contributed by atoms with Gasteiger partial charge in [0.05, 0.1) is 11.6 Å². The van der Waals surface area contributed by atoms with E-state index in [1.54, 1.807) is 12.1 Å². The molecule has 0 saturated carbocycles. The van der Waals surface area contributed by atoms with Crippen molar-refractivity contribution in [2.75, 3.05) is 13.2 Å². The summed E-state index contributed by atoms with van der Waals surface area (Å²) in [6.45, 7) is 4.49. The number of nitrogens with one attached hydrogen (secondary N) is 1. The maximum Gasteiger partial charge on any atom is 0.320 e. The maximum atomic E-state index is 11.3. The van der Waals surface area contributed by atoms with Gasteiger partial charge in [-0.15, -0.1) is 0 Å². The number of hydrogen-bond acceptors (Lipinski definition) is 5. The quantitative estimate of drug-likeness (QED) is 0.524. The molecule has 3 rings (SSSR count). The molecule has 162 valence electrons. The highest BCUT2D eigenvalue weighted by Crippen LogP contribution is 2.40. The summed E-state index contributed by atoms with van der Waals surface area (Å²) in [5.74, 6) is 0.136. The molecule has 0 aromatic heterocycles. The van der Waals surface area contributed by atoms with Crippen LogP contribution in [0.5, 0.6) is 11.5 Å². The van der Waals surface area contributed by atoms with Crippen molar-refractivity contribution in [3.05, 3.63) is 57.6 Å². The first-order valence-corrected chi connectivity index (χ1v) is 10.6. The van der Waals surface area contributed by atoms with E-state index in [-0.39, 0.29) is 25.7 Å². The summed E-state index contributed by atoms with van der Waals surface area (Å²) >= 11 is 6.51. The van der Waals surface area contributed by atoms with Crippen LogP contribution in [0.4, 0.5) is 0 Å². The molecule has 0 radical (unpaired) electrons. The highest BCUT2D eigenvalue weighted by atomic mass is 35.5. The second kappa shape index (κ2) is 10.2. The van der Waals surface area contributed by atoms with E-state index in [2.05, 4.69) is 24.4 Å². The molecule has 0 fully saturated rings. The molecule has 1 aliphatic carbocycles. The third-order valence-electron chi connectivity index (χ3n) is 5.39. The molecule has 7 heteroatoms. The van der Waals surface area contributed by atoms with Crippen LogP contribution in [0.1, 0.15) is 48.1 Å². The van der Waals surface area contributed by atoms with Crippen molar-refractivity contribution in [1.29, 1.82) is 0 Å². The van der Waals surface area contributed by atoms with E-state index < -0.39 is 12.0 Å². The Bertz CT molecular complexity index is 901. The third kappa shape index (κ3) is 5.06. The number of benzene rings is 2. The van der Waals surface area contributed by atoms with Crippen molar-refractivity contribution in [3.63, 3.8) is 0 Å². The maximum absolute atomic E-state index is 11.3. The molecule has 0 unspecified atom stereocenters. The molecule has 0 bridgehead atoms. The average molecular weight is 434 g/mol. The Kier molecular flexibility index (Phi) is 7.58. The summed E-state index contributed by atoms with van der Waals surface area (Å²) in [6, 6.07) is 8.94. The number of carboxylic acid groups (broad SMARTS) is 1. The monoisotopic (exact) mass is 433 g/mol. The minimum atomic E-state index is -1.01. The number of halogens is 1. The summed E-state index contributed by atoms with van der Waals surface area (Å²) in [4.78, 5) is 11.3. The largest absolute Gasteiger partial charge is 0.493 e. The highest BCUT2D eigenvalue weighted by molar-refractivity contribution is 6.32. The molecule has 1 aliphatic rings. The van der Waals surface area contributed by atoms with Gasteiger partial charge in [-0.05, 0) is 55.9 Å². The fourth-order valence-corrected chi connectivity index (χ4v) is 4.07. The molecule has 0 amide bonds. The van der Waals surface area contributed by atoms with Crippen molar-refractivity contribution < 1.29 is 24.5 Å². The Morgan fingerprint density at radius 3 is 2.83 bits per heavy atom. The number of ether oxygens (including phenoxy) is 2. The third-order valence-corrected chi connectivity index (χ3v) is 5.68. The second-order valence-corrected chi connectivity index (χ2v) is 7.80. The molecule has 30 heavy (non-hydrogen) atoms. The minimum absolute atomic E-state index is 0.0585. The topological polar surface area (TPSA) is 88.0 Å². The van der Waals surface area contributed by atoms with E-state index in [1.165, 1.54) is 16.7 Å². The number of aliphatic hydroxyl groups excluding tert-OH is 1. The van der Waals surface area contributed by atoms with Gasteiger partial charge < -0.3 is 25.0 Å². The van der Waals surface area contributed by atoms with Crippen LogP contribution in [0.25, 0.3) is 0 Å². The number of aliphatic carboxylic acids is 1. The molecular weight excluding hydrogens is 406 g/mol. The summed E-state index contributed by atoms with van der Waals surface area (Å²) < 4.78 is 12.0. The van der Waals surface area contributed by atoms with Gasteiger partial charge in [0, 0.05) is 24.8 Å². The molecule has 0 heterocycles. The lowest BCUT2D eigenvalue weighted by Gasteiger charge is -2.20. The predicted molar refractivity (Wildman–Crippen MR) is 115 cm³/mol. The van der Waals surface area contributed by atoms with Gasteiger partial charge in [-0.2, -0.15) is 0 Å². The van der Waals surface area contributed by atoms with Crippen molar-refractivity contribution in [2.45, 2.75) is 51.8 Å². The molecule has 2 atom stereocenters. The second-order valence-electron chi connectivity index (χ2n) is 7.40. The first-order chi connectivity index (χ1) is 14.4. The number of carbonyl (C=O) groups is 1. The van der Waals surface area contributed by atoms with Crippen LogP contribution < -0.4 is 14.8 Å². The van der Waals surface area contributed by atoms with E-state index in [4.69, 9.17) is 26.2 Å². The Hall–Kier alpha value is -2.28. The van der Waals surface area contributed by atoms with Gasteiger partial charge in [0.2, 0.25) is 0 Å². The van der Waals surface area contributed by atoms with E-state index in [0.717, 1.165) is 18.4 Å². The Labute approximate surface area is 181 Å². The predicted octanol–water partition coefficient (Wildman–Crippen LogP) is 4.04. The number of aryl methyl sites for hydroxylation is 1. The molecule has 3 N–H and O–H groups in total. The van der Waals surface area contributed by atoms with Gasteiger partial charge in [0.1, 0.15) is 23.6 Å². The van der Waals surface area contributed by atoms with Gasteiger partial charge in [-0.3, -0.25) is 4.79 Å². The van der Waals surface area contributed by atoms with Gasteiger partial charge >= 0.3 is 5.97 Å². The molecule has 6 nitrogen and oxygen atoms in total. The van der Waals surface area contributed by atoms with Gasteiger partial charge in [-0.25, -0.2) is 0 Å². The highest BCUT2D eigenvalue weighted by Gasteiger charge is 2.26. The zero-order valence-corrected chi connectivity index (χ0v) is 18.0. The summed E-state index contributed by atoms with van der Waals surface area (Å²) in [6.07, 6.45) is 1.93. The molecule has 2 aromatic carbocycles. The standard InChI is InChI=1S/C23H28ClNO5/c1-3-29-21-12-22(30-20-8-7-16-14(2)5-4-6-17(16)20)18(24)11-15(21)13-25-19(9-10-26)23(27)28/h4-6,11-12,19-20,25-26H,3,7-10,13H2,1-2H3,(H,27,28)/t19-,20-/m0/s1. The van der Waals surface area contributed by atoms with Crippen molar-refractivity contribution in [2.24, 2.45) is 0 Å². The van der Waals surface area contributed by atoms with Crippen LogP contribution in [0, 0.1) is 6.92 Å². The SMILES string of the molecule is CCOc1cc(O[C@H]2CCc3c(C)cccc32)c(Cl)cc1CN[C@@H](CCO)C(=O)O. The van der Waals surface area contributed by atoms with Gasteiger partial charge in [-0.1, -0.05) is 29.8 Å². The lowest BCUT2D eigenvalue weighted by atomic mass is 10.0. The van der Waals surface area contributed by atoms with Crippen LogP contribution in [0.2, 0.25) is 5.02 Å². The van der Waals surface area contributed by atoms with Crippen LogP contribution in [0.3, 0.4) is 0 Å². The van der Waals surface area contributed by atoms with Crippen LogP contribution in [0.15, 0.2) is 30.3 Å². The zero-order chi connectivity index (χ0) is 21.7. The number of rotatable bonds is 10. The Morgan fingerprint density at radius 2 is 2.13 bits per heavy atom. The lowest BCUT2D eigenvalue weighted by Crippen LogP contribution is -2.37. The minimum Gasteiger partial charge on any atom is -0.493 e. The van der Waals surface area contributed by atoms with Gasteiger partial charge in [0.15, 0.2) is 0 Å². The molecular formula is C23H28ClNO5. The van der Waals surface area contributed by atoms with Crippen LogP contribution >= 0.6 is 11.6 Å². The van der Waals surface area contributed by atoms with Crippen molar-refractivity contribution in [1.82, 2.24) is 5.32 Å². The molecule has 2 aromatic rings. The number of fused-ring (bicyclic) bond motifs is 1. The first-order valence-electron chi connectivity index (χ1n) is 10.2. The average Bonchev–Trinajstić information content (AvgIpc) is 3.12. The molecule has 0 saturated heterocycles. The summed E-state index contributed by atoms with van der Waals surface area (Å²) in [7, 11) is 0. The van der Waals surface area contributed by atoms with Crippen LogP contribution in [-0.4, -0.2) is 35.4 Å². The van der Waals surface area contributed by atoms with E-state index >= 15 is 0 Å². The van der Waals surface area contributed by atoms with E-state index in [0.29, 0.717) is 23.1 Å². The van der Waals surface area contributed by atoms with Crippen molar-refractivity contribution >= 4 is 17.6 Å². The first kappa shape index (κ1) is 22.4. The van der Waals surface area contributed by atoms with E-state index in [9.17, 15) is 9.90 Å². The lowest BCUT2D eigenvalue weighted by molar-refractivity contribution is -0.140. The Morgan fingerprint density at radius 1 is 1.33 bits per heavy atom. The fourth-order valence-electron chi connectivity index (χ4n) is 3.84. The summed E-state index contributed by atoms with van der Waals surface area (Å²) in [5, 5.41) is 21.7. The Balaban J connectivity index is 1.80. The van der Waals surface area contributed by atoms with Gasteiger partial charge in [0.25, 0.3) is 0 Å². The smallest absolute Gasteiger partial charge is 0.320 e. The molecule has 0 spiro atoms. The summed E-state index contributed by atoms with van der Waals surface area (Å²) in [5.41, 5.74) is 4.55. The van der Waals surface area contributed by atoms with Crippen LogP contribution in [-0.2, 0) is 17.8 Å². The zero-order valence-electron chi connectivity index (χ0n) is 17.3. The fraction of sp³-hybridized carbons (Fsp3) is 0.435. The van der Waals surface area contributed by atoms with Crippen molar-refractivity contribution in [3.8, 4) is 11.5 Å². The number of hydrogen-bond donors (Lipinski definition) is 3. The van der Waals surface area contributed by atoms with E-state index in [1.807, 2.05) is 13.0 Å². The normalized spacial score (nSPS) is 16.2.